The highest BCUT2D eigenvalue weighted by Crippen LogP contribution is 2.39. The summed E-state index contributed by atoms with van der Waals surface area (Å²) in [5.41, 5.74) is 2.62. The Morgan fingerprint density at radius 1 is 1.13 bits per heavy atom. The third-order valence-corrected chi connectivity index (χ3v) is 4.18. The van der Waals surface area contributed by atoms with Crippen molar-refractivity contribution in [3.63, 3.8) is 0 Å². The zero-order chi connectivity index (χ0) is 16.4. The van der Waals surface area contributed by atoms with Crippen molar-refractivity contribution < 1.29 is 22.4 Å². The van der Waals surface area contributed by atoms with Crippen molar-refractivity contribution in [3.8, 4) is 0 Å². The predicted octanol–water partition coefficient (Wildman–Crippen LogP) is 3.02. The molecular formula is C15H17F4N3O. The van der Waals surface area contributed by atoms with E-state index < -0.39 is 6.30 Å². The van der Waals surface area contributed by atoms with Crippen LogP contribution in [-0.4, -0.2) is 24.4 Å². The van der Waals surface area contributed by atoms with Crippen LogP contribution in [0.15, 0.2) is 36.2 Å². The minimum absolute atomic E-state index is 0.0140. The molecule has 126 valence electrons. The molecule has 0 spiro atoms. The number of allylic oxidation sites excluding steroid dienone is 1. The molecule has 4 nitrogen and oxygen atoms in total. The minimum Gasteiger partial charge on any atom is -0.391 e. The summed E-state index contributed by atoms with van der Waals surface area (Å²) in [6.07, 6.45) is -2.01. The van der Waals surface area contributed by atoms with Crippen LogP contribution in [0.1, 0.15) is 24.3 Å². The number of hydrogen-bond donors (Lipinski definition) is 2. The number of halogens is 4. The summed E-state index contributed by atoms with van der Waals surface area (Å²) in [6.45, 7) is 1.60. The van der Waals surface area contributed by atoms with Gasteiger partial charge in [-0.2, -0.15) is 5.01 Å². The summed E-state index contributed by atoms with van der Waals surface area (Å²) in [6, 6.07) is 5.83. The second-order valence-electron chi connectivity index (χ2n) is 5.68. The van der Waals surface area contributed by atoms with Gasteiger partial charge in [0.05, 0.1) is 6.20 Å². The monoisotopic (exact) mass is 331 g/mol. The average molecular weight is 331 g/mol. The molecule has 1 fully saturated rings. The highest BCUT2D eigenvalue weighted by Gasteiger charge is 2.42. The van der Waals surface area contributed by atoms with Gasteiger partial charge in [0.15, 0.2) is 5.76 Å². The van der Waals surface area contributed by atoms with E-state index in [1.54, 1.807) is 12.1 Å². The lowest BCUT2D eigenvalue weighted by Gasteiger charge is -2.30. The van der Waals surface area contributed by atoms with E-state index in [9.17, 15) is 17.6 Å². The van der Waals surface area contributed by atoms with Crippen molar-refractivity contribution in [1.29, 1.82) is 0 Å². The van der Waals surface area contributed by atoms with Crippen molar-refractivity contribution in [2.45, 2.75) is 25.1 Å². The van der Waals surface area contributed by atoms with Crippen LogP contribution in [0.4, 0.5) is 17.6 Å². The van der Waals surface area contributed by atoms with Crippen LogP contribution in [0.25, 0.3) is 0 Å². The maximum Gasteiger partial charge on any atom is 0.501 e. The molecule has 8 heteroatoms. The molecule has 2 aliphatic heterocycles. The number of nitrogens with zero attached hydrogens (tertiary/aromatic N) is 1. The van der Waals surface area contributed by atoms with Crippen LogP contribution in [-0.2, 0) is 4.84 Å². The van der Waals surface area contributed by atoms with Gasteiger partial charge in [0.1, 0.15) is 5.82 Å². The second kappa shape index (κ2) is 6.37. The fourth-order valence-electron chi connectivity index (χ4n) is 3.07. The normalized spacial score (nSPS) is 21.0. The highest BCUT2D eigenvalue weighted by molar-refractivity contribution is 5.29. The van der Waals surface area contributed by atoms with Gasteiger partial charge in [-0.05, 0) is 49.5 Å². The maximum absolute atomic E-state index is 13.2. The smallest absolute Gasteiger partial charge is 0.391 e. The van der Waals surface area contributed by atoms with Gasteiger partial charge in [-0.3, -0.25) is 0 Å². The van der Waals surface area contributed by atoms with Crippen molar-refractivity contribution in [1.82, 2.24) is 15.9 Å². The molecule has 1 atom stereocenters. The van der Waals surface area contributed by atoms with E-state index in [1.165, 1.54) is 12.1 Å². The van der Waals surface area contributed by atoms with E-state index in [1.807, 2.05) is 5.59 Å². The van der Waals surface area contributed by atoms with E-state index in [0.717, 1.165) is 37.7 Å². The van der Waals surface area contributed by atoms with Crippen LogP contribution < -0.4 is 10.9 Å². The molecule has 0 amide bonds. The summed E-state index contributed by atoms with van der Waals surface area (Å²) in [4.78, 5) is 5.09. The molecule has 2 heterocycles. The molecule has 2 aliphatic rings. The molecular weight excluding hydrogens is 314 g/mol. The fraction of sp³-hybridized carbons (Fsp3) is 0.467. The summed E-state index contributed by atoms with van der Waals surface area (Å²) < 4.78 is 51.5. The standard InChI is InChI=1S/C15H17F4N3O/c16-12-3-1-10(2-4-12)14(11-5-7-20-8-6-11)13-9-22(21-23-13)15(17,18)19/h1-4,9,11,14,20-21H,5-8H2. The SMILES string of the molecule is Fc1ccc(C(C2=CN(C(F)(F)F)NO2)C2CCNCC2)cc1. The highest BCUT2D eigenvalue weighted by atomic mass is 19.4. The van der Waals surface area contributed by atoms with Gasteiger partial charge >= 0.3 is 6.30 Å². The fourth-order valence-corrected chi connectivity index (χ4v) is 3.07. The first-order chi connectivity index (χ1) is 10.9. The molecule has 0 aliphatic carbocycles. The Morgan fingerprint density at radius 2 is 1.78 bits per heavy atom. The number of benzene rings is 1. The zero-order valence-corrected chi connectivity index (χ0v) is 12.2. The Hall–Kier alpha value is -1.80. The number of nitrogens with one attached hydrogen (secondary N) is 2. The third-order valence-electron chi connectivity index (χ3n) is 4.18. The summed E-state index contributed by atoms with van der Waals surface area (Å²) in [5.74, 6) is -0.407. The first kappa shape index (κ1) is 16.1. The van der Waals surface area contributed by atoms with Crippen molar-refractivity contribution in [3.05, 3.63) is 47.6 Å². The van der Waals surface area contributed by atoms with E-state index in [4.69, 9.17) is 4.84 Å². The van der Waals surface area contributed by atoms with Gasteiger partial charge < -0.3 is 10.2 Å². The first-order valence-corrected chi connectivity index (χ1v) is 7.41. The molecule has 1 aromatic rings. The Bertz CT molecular complexity index is 567. The topological polar surface area (TPSA) is 36.5 Å². The first-order valence-electron chi connectivity index (χ1n) is 7.41. The Labute approximate surface area is 131 Å². The Kier molecular flexibility index (Phi) is 4.45. The number of piperidine rings is 1. The summed E-state index contributed by atoms with van der Waals surface area (Å²) >= 11 is 0. The molecule has 1 unspecified atom stereocenters. The number of alkyl halides is 3. The van der Waals surface area contributed by atoms with E-state index in [-0.39, 0.29) is 28.4 Å². The van der Waals surface area contributed by atoms with Crippen molar-refractivity contribution >= 4 is 0 Å². The molecule has 0 bridgehead atoms. The van der Waals surface area contributed by atoms with E-state index >= 15 is 0 Å². The second-order valence-corrected chi connectivity index (χ2v) is 5.68. The molecule has 3 rings (SSSR count). The van der Waals surface area contributed by atoms with Crippen LogP contribution >= 0.6 is 0 Å². The molecule has 1 aromatic carbocycles. The number of hydrazine groups is 1. The van der Waals surface area contributed by atoms with Crippen LogP contribution in [0.3, 0.4) is 0 Å². The van der Waals surface area contributed by atoms with E-state index in [2.05, 4.69) is 5.32 Å². The van der Waals surface area contributed by atoms with Gasteiger partial charge in [-0.1, -0.05) is 17.7 Å². The number of rotatable bonds is 3. The molecule has 0 radical (unpaired) electrons. The summed E-state index contributed by atoms with van der Waals surface area (Å²) in [7, 11) is 0. The van der Waals surface area contributed by atoms with Crippen LogP contribution in [0.2, 0.25) is 0 Å². The van der Waals surface area contributed by atoms with Crippen molar-refractivity contribution in [2.75, 3.05) is 13.1 Å². The predicted molar refractivity (Wildman–Crippen MR) is 74.9 cm³/mol. The largest absolute Gasteiger partial charge is 0.501 e. The molecule has 1 saturated heterocycles. The molecule has 23 heavy (non-hydrogen) atoms. The van der Waals surface area contributed by atoms with Gasteiger partial charge in [-0.25, -0.2) is 4.39 Å². The van der Waals surface area contributed by atoms with Crippen LogP contribution in [0, 0.1) is 11.7 Å². The summed E-state index contributed by atoms with van der Waals surface area (Å²) in [5, 5.41) is 3.21. The van der Waals surface area contributed by atoms with Gasteiger partial charge in [-0.15, -0.1) is 13.2 Å². The van der Waals surface area contributed by atoms with Crippen molar-refractivity contribution in [2.24, 2.45) is 5.92 Å². The van der Waals surface area contributed by atoms with Gasteiger partial charge in [0.25, 0.3) is 0 Å². The quantitative estimate of drug-likeness (QED) is 0.659. The molecule has 0 aromatic heterocycles. The lowest BCUT2D eigenvalue weighted by Crippen LogP contribution is -2.40. The Balaban J connectivity index is 1.90. The number of hydrogen-bond acceptors (Lipinski definition) is 4. The lowest BCUT2D eigenvalue weighted by molar-refractivity contribution is -0.265. The lowest BCUT2D eigenvalue weighted by atomic mass is 9.79. The average Bonchev–Trinajstić information content (AvgIpc) is 3.00. The Morgan fingerprint density at radius 3 is 2.35 bits per heavy atom. The van der Waals surface area contributed by atoms with Crippen LogP contribution in [0.5, 0.6) is 0 Å². The van der Waals surface area contributed by atoms with E-state index in [0.29, 0.717) is 0 Å². The van der Waals surface area contributed by atoms with Gasteiger partial charge in [0.2, 0.25) is 0 Å². The zero-order valence-electron chi connectivity index (χ0n) is 12.2. The molecule has 0 saturated carbocycles. The third kappa shape index (κ3) is 3.59. The van der Waals surface area contributed by atoms with Gasteiger partial charge in [0, 0.05) is 5.92 Å². The minimum atomic E-state index is -4.57. The molecule has 2 N–H and O–H groups in total. The maximum atomic E-state index is 13.2.